The zero-order chi connectivity index (χ0) is 21.3. The number of hydrogen-bond acceptors (Lipinski definition) is 6. The summed E-state index contributed by atoms with van der Waals surface area (Å²) in [5.41, 5.74) is 3.10. The van der Waals surface area contributed by atoms with Crippen LogP contribution in [0.15, 0.2) is 46.0 Å². The Kier molecular flexibility index (Phi) is 5.26. The average Bonchev–Trinajstić information content (AvgIpc) is 3.19. The molecular formula is C22H21N3O4S. The van der Waals surface area contributed by atoms with Gasteiger partial charge in [0.2, 0.25) is 0 Å². The Morgan fingerprint density at radius 2 is 2.07 bits per heavy atom. The number of benzene rings is 1. The lowest BCUT2D eigenvalue weighted by Gasteiger charge is -2.29. The normalized spacial score (nSPS) is 14.8. The van der Waals surface area contributed by atoms with Crippen LogP contribution in [0.3, 0.4) is 0 Å². The second-order valence-electron chi connectivity index (χ2n) is 8.06. The van der Waals surface area contributed by atoms with Gasteiger partial charge in [0.25, 0.3) is 11.5 Å². The van der Waals surface area contributed by atoms with Crippen molar-refractivity contribution in [2.75, 3.05) is 5.32 Å². The highest BCUT2D eigenvalue weighted by Crippen LogP contribution is 2.33. The second-order valence-corrected chi connectivity index (χ2v) is 8.78. The number of ketones is 1. The maximum atomic E-state index is 12.8. The van der Waals surface area contributed by atoms with Crippen LogP contribution in [-0.2, 0) is 13.0 Å². The number of amides is 1. The van der Waals surface area contributed by atoms with Crippen molar-refractivity contribution in [3.63, 3.8) is 0 Å². The number of pyridine rings is 1. The number of thiazole rings is 1. The van der Waals surface area contributed by atoms with E-state index < -0.39 is 11.5 Å². The van der Waals surface area contributed by atoms with E-state index in [4.69, 9.17) is 4.74 Å². The number of carbonyl (C=O) groups is 2. The predicted octanol–water partition coefficient (Wildman–Crippen LogP) is 3.82. The summed E-state index contributed by atoms with van der Waals surface area (Å²) in [6, 6.07) is 8.37. The van der Waals surface area contributed by atoms with Crippen LogP contribution in [0.25, 0.3) is 0 Å². The van der Waals surface area contributed by atoms with Gasteiger partial charge in [0.15, 0.2) is 5.78 Å². The number of nitrogens with one attached hydrogen (secondary N) is 2. The number of fused-ring (bicyclic) bond motifs is 1. The van der Waals surface area contributed by atoms with Crippen LogP contribution >= 0.6 is 11.3 Å². The molecule has 0 saturated heterocycles. The Labute approximate surface area is 177 Å². The molecule has 0 radical (unpaired) electrons. The number of hydrogen-bond donors (Lipinski definition) is 2. The topological polar surface area (TPSA) is 101 Å². The Morgan fingerprint density at radius 3 is 2.83 bits per heavy atom. The minimum absolute atomic E-state index is 0.0708. The maximum absolute atomic E-state index is 12.8. The monoisotopic (exact) mass is 423 g/mol. The van der Waals surface area contributed by atoms with Gasteiger partial charge in [-0.25, -0.2) is 4.98 Å². The zero-order valence-electron chi connectivity index (χ0n) is 16.7. The van der Waals surface area contributed by atoms with Crippen molar-refractivity contribution in [2.24, 2.45) is 5.41 Å². The molecule has 0 atom stereocenters. The molecule has 7 nitrogen and oxygen atoms in total. The minimum atomic E-state index is -0.596. The van der Waals surface area contributed by atoms with E-state index >= 15 is 0 Å². The Hall–Kier alpha value is -3.26. The van der Waals surface area contributed by atoms with Crippen LogP contribution < -0.4 is 15.6 Å². The van der Waals surface area contributed by atoms with Crippen LogP contribution in [0, 0.1) is 5.41 Å². The molecule has 30 heavy (non-hydrogen) atoms. The number of anilines is 1. The van der Waals surface area contributed by atoms with Crippen LogP contribution in [0.5, 0.6) is 5.75 Å². The Balaban J connectivity index is 1.57. The number of para-hydroxylation sites is 2. The number of Topliss-reactive ketones (excluding diaryl/α,β-unsaturated/α-hetero) is 1. The van der Waals surface area contributed by atoms with Crippen molar-refractivity contribution < 1.29 is 14.3 Å². The molecular weight excluding hydrogens is 402 g/mol. The summed E-state index contributed by atoms with van der Waals surface area (Å²) in [6.07, 6.45) is 0.957. The standard InChI is InChI=1S/C22H21N3O4S/c1-22(2)8-17-14(18(26)9-22)7-15(21(28)25-17)20(27)24-16-5-3-4-6-19(16)29-10-13-11-30-12-23-13/h3-7,11-12H,8-10H2,1-2H3,(H,24,27)(H,25,28). The minimum Gasteiger partial charge on any atom is -0.485 e. The first-order chi connectivity index (χ1) is 14.3. The summed E-state index contributed by atoms with van der Waals surface area (Å²) < 4.78 is 5.77. The molecule has 0 unspecified atom stereocenters. The molecule has 2 aromatic heterocycles. The predicted molar refractivity (Wildman–Crippen MR) is 114 cm³/mol. The molecule has 3 aromatic rings. The summed E-state index contributed by atoms with van der Waals surface area (Å²) in [6.45, 7) is 4.23. The van der Waals surface area contributed by atoms with E-state index in [-0.39, 0.29) is 23.4 Å². The van der Waals surface area contributed by atoms with E-state index in [9.17, 15) is 14.4 Å². The van der Waals surface area contributed by atoms with Gasteiger partial charge >= 0.3 is 0 Å². The number of aromatic amines is 1. The number of carbonyl (C=O) groups excluding carboxylic acids is 2. The molecule has 0 bridgehead atoms. The Bertz CT molecular complexity index is 1170. The molecule has 1 amide bonds. The van der Waals surface area contributed by atoms with E-state index in [0.717, 1.165) is 5.69 Å². The van der Waals surface area contributed by atoms with Gasteiger partial charge in [-0.15, -0.1) is 11.3 Å². The lowest BCUT2D eigenvalue weighted by Crippen LogP contribution is -2.32. The molecule has 0 aliphatic heterocycles. The number of nitrogens with zero attached hydrogens (tertiary/aromatic N) is 1. The van der Waals surface area contributed by atoms with Crippen molar-refractivity contribution in [1.82, 2.24) is 9.97 Å². The van der Waals surface area contributed by atoms with Crippen molar-refractivity contribution in [3.8, 4) is 5.75 Å². The smallest absolute Gasteiger partial charge is 0.261 e. The first-order valence-electron chi connectivity index (χ1n) is 9.52. The quantitative estimate of drug-likeness (QED) is 0.650. The van der Waals surface area contributed by atoms with Gasteiger partial charge in [-0.2, -0.15) is 0 Å². The van der Waals surface area contributed by atoms with Crippen LogP contribution in [0.4, 0.5) is 5.69 Å². The van der Waals surface area contributed by atoms with Gasteiger partial charge < -0.3 is 15.0 Å². The van der Waals surface area contributed by atoms with Gasteiger partial charge in [-0.1, -0.05) is 26.0 Å². The van der Waals surface area contributed by atoms with E-state index in [0.29, 0.717) is 35.5 Å². The maximum Gasteiger partial charge on any atom is 0.261 e. The third-order valence-electron chi connectivity index (χ3n) is 4.96. The fourth-order valence-electron chi connectivity index (χ4n) is 3.54. The van der Waals surface area contributed by atoms with Crippen LogP contribution in [0.2, 0.25) is 0 Å². The lowest BCUT2D eigenvalue weighted by molar-refractivity contribution is 0.0910. The highest BCUT2D eigenvalue weighted by atomic mass is 32.1. The first-order valence-corrected chi connectivity index (χ1v) is 10.5. The van der Waals surface area contributed by atoms with Crippen molar-refractivity contribution in [2.45, 2.75) is 33.3 Å². The number of rotatable bonds is 5. The first kappa shape index (κ1) is 20.0. The van der Waals surface area contributed by atoms with Gasteiger partial charge in [-0.3, -0.25) is 14.4 Å². The van der Waals surface area contributed by atoms with E-state index in [1.807, 2.05) is 19.2 Å². The van der Waals surface area contributed by atoms with Crippen molar-refractivity contribution in [1.29, 1.82) is 0 Å². The van der Waals surface area contributed by atoms with Crippen LogP contribution in [0.1, 0.15) is 52.4 Å². The van der Waals surface area contributed by atoms with E-state index in [1.54, 1.807) is 29.8 Å². The van der Waals surface area contributed by atoms with Gasteiger partial charge in [0.1, 0.15) is 17.9 Å². The Morgan fingerprint density at radius 1 is 1.27 bits per heavy atom. The number of H-pyrrole nitrogens is 1. The van der Waals surface area contributed by atoms with E-state index in [1.165, 1.54) is 17.4 Å². The molecule has 1 aromatic carbocycles. The summed E-state index contributed by atoms with van der Waals surface area (Å²) in [7, 11) is 0. The molecule has 4 rings (SSSR count). The molecule has 8 heteroatoms. The molecule has 2 heterocycles. The molecule has 2 N–H and O–H groups in total. The fourth-order valence-corrected chi connectivity index (χ4v) is 4.09. The largest absolute Gasteiger partial charge is 0.485 e. The number of aromatic nitrogens is 2. The van der Waals surface area contributed by atoms with Crippen LogP contribution in [-0.4, -0.2) is 21.7 Å². The highest BCUT2D eigenvalue weighted by Gasteiger charge is 2.32. The summed E-state index contributed by atoms with van der Waals surface area (Å²) in [5.74, 6) is -0.203. The molecule has 154 valence electrons. The third kappa shape index (κ3) is 4.18. The molecule has 0 saturated carbocycles. The summed E-state index contributed by atoms with van der Waals surface area (Å²) in [4.78, 5) is 44.8. The molecule has 1 aliphatic carbocycles. The van der Waals surface area contributed by atoms with Crippen molar-refractivity contribution in [3.05, 3.63) is 74.1 Å². The lowest BCUT2D eigenvalue weighted by atomic mass is 9.75. The SMILES string of the molecule is CC1(C)CC(=O)c2cc(C(=O)Nc3ccccc3OCc3cscn3)c(=O)[nH]c2C1. The van der Waals surface area contributed by atoms with Crippen molar-refractivity contribution >= 4 is 28.7 Å². The summed E-state index contributed by atoms with van der Waals surface area (Å²) in [5, 5.41) is 4.60. The highest BCUT2D eigenvalue weighted by molar-refractivity contribution is 7.07. The number of ether oxygens (including phenoxy) is 1. The summed E-state index contributed by atoms with van der Waals surface area (Å²) >= 11 is 1.47. The average molecular weight is 423 g/mol. The van der Waals surface area contributed by atoms with E-state index in [2.05, 4.69) is 15.3 Å². The van der Waals surface area contributed by atoms with Gasteiger partial charge in [-0.05, 0) is 30.0 Å². The second kappa shape index (κ2) is 7.87. The molecule has 0 spiro atoms. The van der Waals surface area contributed by atoms with Gasteiger partial charge in [0.05, 0.1) is 16.9 Å². The third-order valence-corrected chi connectivity index (χ3v) is 5.59. The fraction of sp³-hybridized carbons (Fsp3) is 0.273. The van der Waals surface area contributed by atoms with Gasteiger partial charge in [0, 0.05) is 23.1 Å². The zero-order valence-corrected chi connectivity index (χ0v) is 17.5. The molecule has 0 fully saturated rings. The molecule has 1 aliphatic rings.